The Balaban J connectivity index is 0.00000289. The number of hydrogen-bond acceptors (Lipinski definition) is 5. The Bertz CT molecular complexity index is 1090. The third kappa shape index (κ3) is 5.23. The van der Waals surface area contributed by atoms with Crippen LogP contribution in [0.4, 0.5) is 10.8 Å². The molecule has 9 heteroatoms. The van der Waals surface area contributed by atoms with Crippen LogP contribution in [0.5, 0.6) is 0 Å². The molecule has 2 aromatic carbocycles. The quantitative estimate of drug-likeness (QED) is 0.479. The Hall–Kier alpha value is -2.19. The first-order valence-corrected chi connectivity index (χ1v) is 11.5. The Morgan fingerprint density at radius 3 is 2.59 bits per heavy atom. The summed E-state index contributed by atoms with van der Waals surface area (Å²) in [6.45, 7) is 1.79. The van der Waals surface area contributed by atoms with Gasteiger partial charge in [-0.15, -0.1) is 12.4 Å². The van der Waals surface area contributed by atoms with Gasteiger partial charge in [0.2, 0.25) is 11.8 Å². The van der Waals surface area contributed by atoms with Crippen molar-refractivity contribution >= 4 is 68.2 Å². The molecule has 2 heterocycles. The monoisotopic (exact) mass is 492 g/mol. The summed E-state index contributed by atoms with van der Waals surface area (Å²) in [5.74, 6) is -0.472. The fourth-order valence-corrected chi connectivity index (χ4v) is 5.11. The number of amides is 2. The van der Waals surface area contributed by atoms with Crippen LogP contribution in [0.2, 0.25) is 5.02 Å². The number of para-hydroxylation sites is 2. The SMILES string of the molecule is CN(C)CCCN(C(=O)C1CC(=O)N(c2ccccc2)C1)c1nc2c(Cl)cccc2s1.Cl. The van der Waals surface area contributed by atoms with E-state index in [1.807, 2.05) is 56.6 Å². The van der Waals surface area contributed by atoms with E-state index in [2.05, 4.69) is 9.88 Å². The Labute approximate surface area is 203 Å². The summed E-state index contributed by atoms with van der Waals surface area (Å²) in [6.07, 6.45) is 1.02. The first kappa shape index (κ1) is 24.5. The second-order valence-electron chi connectivity index (χ2n) is 7.97. The van der Waals surface area contributed by atoms with Gasteiger partial charge in [0.1, 0.15) is 5.52 Å². The van der Waals surface area contributed by atoms with E-state index in [4.69, 9.17) is 11.6 Å². The van der Waals surface area contributed by atoms with Crippen LogP contribution in [0.25, 0.3) is 10.2 Å². The molecule has 32 heavy (non-hydrogen) atoms. The van der Waals surface area contributed by atoms with Crippen LogP contribution in [0.3, 0.4) is 0 Å². The zero-order valence-electron chi connectivity index (χ0n) is 18.0. The minimum atomic E-state index is -0.394. The molecule has 1 saturated heterocycles. The second kappa shape index (κ2) is 10.6. The van der Waals surface area contributed by atoms with Crippen molar-refractivity contribution in [1.82, 2.24) is 9.88 Å². The highest BCUT2D eigenvalue weighted by atomic mass is 35.5. The number of carbonyl (C=O) groups is 2. The van der Waals surface area contributed by atoms with E-state index in [-0.39, 0.29) is 30.6 Å². The van der Waals surface area contributed by atoms with Crippen LogP contribution in [-0.4, -0.2) is 55.4 Å². The molecule has 1 aromatic heterocycles. The summed E-state index contributed by atoms with van der Waals surface area (Å²) in [7, 11) is 4.02. The first-order chi connectivity index (χ1) is 14.9. The van der Waals surface area contributed by atoms with Crippen molar-refractivity contribution in [2.45, 2.75) is 12.8 Å². The van der Waals surface area contributed by atoms with Gasteiger partial charge in [0.15, 0.2) is 5.13 Å². The molecule has 0 bridgehead atoms. The number of rotatable bonds is 7. The molecular formula is C23H26Cl2N4O2S. The zero-order chi connectivity index (χ0) is 22.0. The molecule has 1 atom stereocenters. The highest BCUT2D eigenvalue weighted by Crippen LogP contribution is 2.35. The van der Waals surface area contributed by atoms with Gasteiger partial charge < -0.3 is 9.80 Å². The minimum Gasteiger partial charge on any atom is -0.312 e. The van der Waals surface area contributed by atoms with Crippen molar-refractivity contribution in [2.24, 2.45) is 5.92 Å². The lowest BCUT2D eigenvalue weighted by atomic mass is 10.1. The molecule has 1 unspecified atom stereocenters. The number of aromatic nitrogens is 1. The molecule has 0 N–H and O–H groups in total. The normalized spacial score (nSPS) is 15.9. The van der Waals surface area contributed by atoms with Crippen molar-refractivity contribution in [3.05, 3.63) is 53.6 Å². The highest BCUT2D eigenvalue weighted by Gasteiger charge is 2.38. The number of fused-ring (bicyclic) bond motifs is 1. The van der Waals surface area contributed by atoms with Gasteiger partial charge in [-0.25, -0.2) is 4.98 Å². The van der Waals surface area contributed by atoms with Crippen molar-refractivity contribution in [3.63, 3.8) is 0 Å². The van der Waals surface area contributed by atoms with Crippen LogP contribution in [0.1, 0.15) is 12.8 Å². The highest BCUT2D eigenvalue weighted by molar-refractivity contribution is 7.22. The fraction of sp³-hybridized carbons (Fsp3) is 0.348. The molecule has 1 aliphatic heterocycles. The van der Waals surface area contributed by atoms with Gasteiger partial charge in [0.05, 0.1) is 15.6 Å². The Morgan fingerprint density at radius 2 is 1.91 bits per heavy atom. The van der Waals surface area contributed by atoms with Gasteiger partial charge in [0.25, 0.3) is 0 Å². The molecule has 3 aromatic rings. The Morgan fingerprint density at radius 1 is 1.16 bits per heavy atom. The zero-order valence-corrected chi connectivity index (χ0v) is 20.4. The van der Waals surface area contributed by atoms with Crippen LogP contribution < -0.4 is 9.80 Å². The maximum atomic E-state index is 13.6. The van der Waals surface area contributed by atoms with Crippen LogP contribution in [-0.2, 0) is 9.59 Å². The molecule has 2 amide bonds. The number of anilines is 2. The number of carbonyl (C=O) groups excluding carboxylic acids is 2. The molecular weight excluding hydrogens is 467 g/mol. The van der Waals surface area contributed by atoms with Crippen molar-refractivity contribution < 1.29 is 9.59 Å². The number of nitrogens with zero attached hydrogens (tertiary/aromatic N) is 4. The summed E-state index contributed by atoms with van der Waals surface area (Å²) in [5.41, 5.74) is 1.54. The second-order valence-corrected chi connectivity index (χ2v) is 9.39. The van der Waals surface area contributed by atoms with Gasteiger partial charge in [-0.3, -0.25) is 14.5 Å². The van der Waals surface area contributed by atoms with Gasteiger partial charge in [0, 0.05) is 25.2 Å². The van der Waals surface area contributed by atoms with Crippen molar-refractivity contribution in [1.29, 1.82) is 0 Å². The number of thiazole rings is 1. The third-order valence-electron chi connectivity index (χ3n) is 5.38. The largest absolute Gasteiger partial charge is 0.312 e. The van der Waals surface area contributed by atoms with Crippen LogP contribution >= 0.6 is 35.3 Å². The van der Waals surface area contributed by atoms with E-state index < -0.39 is 5.92 Å². The maximum absolute atomic E-state index is 13.6. The standard InChI is InChI=1S/C23H25ClN4O2S.ClH/c1-26(2)12-7-13-27(23-25-21-18(24)10-6-11-19(21)31-23)22(30)16-14-20(29)28(15-16)17-8-4-3-5-9-17;/h3-6,8-11,16H,7,12-15H2,1-2H3;1H. The molecule has 0 aliphatic carbocycles. The number of halogens is 2. The third-order valence-corrected chi connectivity index (χ3v) is 6.73. The molecule has 170 valence electrons. The van der Waals surface area contributed by atoms with Crippen LogP contribution in [0, 0.1) is 5.92 Å². The molecule has 0 saturated carbocycles. The topological polar surface area (TPSA) is 56.8 Å². The van der Waals surface area contributed by atoms with E-state index in [9.17, 15) is 9.59 Å². The first-order valence-electron chi connectivity index (χ1n) is 10.3. The minimum absolute atomic E-state index is 0. The van der Waals surface area contributed by atoms with E-state index >= 15 is 0 Å². The van der Waals surface area contributed by atoms with E-state index in [1.165, 1.54) is 11.3 Å². The predicted octanol–water partition coefficient (Wildman–Crippen LogP) is 4.71. The van der Waals surface area contributed by atoms with Gasteiger partial charge >= 0.3 is 0 Å². The van der Waals surface area contributed by atoms with Crippen LogP contribution in [0.15, 0.2) is 48.5 Å². The number of benzene rings is 2. The Kier molecular flexibility index (Phi) is 8.11. The summed E-state index contributed by atoms with van der Waals surface area (Å²) in [4.78, 5) is 36.4. The van der Waals surface area contributed by atoms with Gasteiger partial charge in [-0.1, -0.05) is 47.2 Å². The molecule has 4 rings (SSSR count). The van der Waals surface area contributed by atoms with E-state index in [1.54, 1.807) is 15.9 Å². The molecule has 0 spiro atoms. The summed E-state index contributed by atoms with van der Waals surface area (Å²) < 4.78 is 0.946. The predicted molar refractivity (Wildman–Crippen MR) is 134 cm³/mol. The molecule has 6 nitrogen and oxygen atoms in total. The van der Waals surface area contributed by atoms with Crippen molar-refractivity contribution in [2.75, 3.05) is 43.5 Å². The smallest absolute Gasteiger partial charge is 0.234 e. The lowest BCUT2D eigenvalue weighted by Gasteiger charge is -2.24. The molecule has 1 fully saturated rings. The van der Waals surface area contributed by atoms with E-state index in [0.717, 1.165) is 23.4 Å². The lowest BCUT2D eigenvalue weighted by Crippen LogP contribution is -2.39. The summed E-state index contributed by atoms with van der Waals surface area (Å²) in [5, 5.41) is 1.21. The summed E-state index contributed by atoms with van der Waals surface area (Å²) >= 11 is 7.78. The van der Waals surface area contributed by atoms with Crippen molar-refractivity contribution in [3.8, 4) is 0 Å². The fourth-order valence-electron chi connectivity index (χ4n) is 3.81. The molecule has 1 aliphatic rings. The average Bonchev–Trinajstić information content (AvgIpc) is 3.36. The average molecular weight is 493 g/mol. The molecule has 0 radical (unpaired) electrons. The van der Waals surface area contributed by atoms with E-state index in [0.29, 0.717) is 28.8 Å². The van der Waals surface area contributed by atoms with Gasteiger partial charge in [-0.2, -0.15) is 0 Å². The summed E-state index contributed by atoms with van der Waals surface area (Å²) in [6, 6.07) is 15.2. The maximum Gasteiger partial charge on any atom is 0.234 e. The van der Waals surface area contributed by atoms with Gasteiger partial charge in [-0.05, 0) is 51.3 Å². The lowest BCUT2D eigenvalue weighted by molar-refractivity contribution is -0.124. The number of hydrogen-bond donors (Lipinski definition) is 0.